The van der Waals surface area contributed by atoms with E-state index >= 15 is 0 Å². The summed E-state index contributed by atoms with van der Waals surface area (Å²) < 4.78 is 0. The van der Waals surface area contributed by atoms with Crippen molar-refractivity contribution < 1.29 is 4.79 Å². The second-order valence-corrected chi connectivity index (χ2v) is 5.74. The Morgan fingerprint density at radius 3 is 2.52 bits per heavy atom. The fraction of sp³-hybridized carbons (Fsp3) is 0.250. The lowest BCUT2D eigenvalue weighted by Gasteiger charge is -2.15. The largest absolute Gasteiger partial charge is 0.323 e. The van der Waals surface area contributed by atoms with Crippen LogP contribution in [0.25, 0.3) is 6.08 Å². The van der Waals surface area contributed by atoms with E-state index in [0.717, 1.165) is 23.2 Å². The predicted octanol–water partition coefficient (Wildman–Crippen LogP) is 5.30. The van der Waals surface area contributed by atoms with Crippen LogP contribution in [0.1, 0.15) is 42.9 Å². The molecule has 3 nitrogen and oxygen atoms in total. The number of hydrogen-bond donors (Lipinski definition) is 2. The molecule has 1 unspecified atom stereocenters. The molecule has 0 saturated heterocycles. The van der Waals surface area contributed by atoms with E-state index < -0.39 is 0 Å². The summed E-state index contributed by atoms with van der Waals surface area (Å²) in [4.78, 5) is 12.0. The van der Waals surface area contributed by atoms with Crippen molar-refractivity contribution in [2.24, 2.45) is 0 Å². The van der Waals surface area contributed by atoms with Crippen molar-refractivity contribution in [1.29, 1.82) is 0 Å². The van der Waals surface area contributed by atoms with Gasteiger partial charge in [0.1, 0.15) is 0 Å². The van der Waals surface area contributed by atoms with Crippen molar-refractivity contribution in [2.45, 2.75) is 33.1 Å². The normalized spacial score (nSPS) is 12.1. The van der Waals surface area contributed by atoms with Gasteiger partial charge < -0.3 is 10.6 Å². The van der Waals surface area contributed by atoms with Crippen LogP contribution in [0.3, 0.4) is 0 Å². The number of nitrogens with one attached hydrogen (secondary N) is 2. The van der Waals surface area contributed by atoms with E-state index in [2.05, 4.69) is 30.5 Å². The molecule has 0 aliphatic rings. The van der Waals surface area contributed by atoms with Crippen LogP contribution in [0.15, 0.2) is 54.7 Å². The van der Waals surface area contributed by atoms with Crippen LogP contribution >= 0.6 is 0 Å². The van der Waals surface area contributed by atoms with E-state index in [-0.39, 0.29) is 6.03 Å². The van der Waals surface area contributed by atoms with Crippen molar-refractivity contribution >= 4 is 17.8 Å². The molecule has 2 amide bonds. The van der Waals surface area contributed by atoms with Gasteiger partial charge >= 0.3 is 6.03 Å². The molecule has 2 aromatic rings. The van der Waals surface area contributed by atoms with Gasteiger partial charge in [0.2, 0.25) is 0 Å². The van der Waals surface area contributed by atoms with Gasteiger partial charge in [-0.25, -0.2) is 4.79 Å². The zero-order valence-corrected chi connectivity index (χ0v) is 14.0. The van der Waals surface area contributed by atoms with Crippen molar-refractivity contribution in [3.8, 4) is 0 Å². The van der Waals surface area contributed by atoms with Gasteiger partial charge in [-0.05, 0) is 42.5 Å². The molecule has 0 radical (unpaired) electrons. The minimum Gasteiger partial charge on any atom is -0.314 e. The highest BCUT2D eigenvalue weighted by atomic mass is 16.2. The first-order valence-corrected chi connectivity index (χ1v) is 7.99. The number of benzene rings is 2. The van der Waals surface area contributed by atoms with Gasteiger partial charge in [0.15, 0.2) is 0 Å². The van der Waals surface area contributed by atoms with Crippen LogP contribution in [0.2, 0.25) is 0 Å². The molecule has 23 heavy (non-hydrogen) atoms. The lowest BCUT2D eigenvalue weighted by atomic mass is 9.97. The summed E-state index contributed by atoms with van der Waals surface area (Å²) in [6.07, 6.45) is 4.57. The Hall–Kier alpha value is -2.55. The highest BCUT2D eigenvalue weighted by Gasteiger charge is 2.09. The summed E-state index contributed by atoms with van der Waals surface area (Å²) in [6, 6.07) is 15.8. The Labute approximate surface area is 138 Å². The van der Waals surface area contributed by atoms with E-state index in [0.29, 0.717) is 5.92 Å². The average Bonchev–Trinajstić information content (AvgIpc) is 2.56. The van der Waals surface area contributed by atoms with Gasteiger partial charge in [-0.3, -0.25) is 0 Å². The van der Waals surface area contributed by atoms with Crippen molar-refractivity contribution in [3.05, 3.63) is 71.4 Å². The number of aryl methyl sites for hydroxylation is 1. The molecule has 0 aliphatic heterocycles. The number of anilines is 1. The molecule has 0 aromatic heterocycles. The third-order valence-electron chi connectivity index (χ3n) is 3.92. The molecule has 0 saturated carbocycles. The van der Waals surface area contributed by atoms with E-state index in [1.165, 1.54) is 5.56 Å². The van der Waals surface area contributed by atoms with Crippen molar-refractivity contribution in [2.75, 3.05) is 5.32 Å². The molecular weight excluding hydrogens is 284 g/mol. The monoisotopic (exact) mass is 308 g/mol. The Morgan fingerprint density at radius 1 is 1.13 bits per heavy atom. The van der Waals surface area contributed by atoms with Gasteiger partial charge in [-0.2, -0.15) is 0 Å². The lowest BCUT2D eigenvalue weighted by Crippen LogP contribution is -2.24. The summed E-state index contributed by atoms with van der Waals surface area (Å²) in [6.45, 7) is 6.36. The van der Waals surface area contributed by atoms with Crippen LogP contribution in [0, 0.1) is 6.92 Å². The van der Waals surface area contributed by atoms with Gasteiger partial charge in [0, 0.05) is 11.9 Å². The Morgan fingerprint density at radius 2 is 1.83 bits per heavy atom. The fourth-order valence-corrected chi connectivity index (χ4v) is 2.31. The standard InChI is InChI=1S/C20H24N2O/c1-4-16(3)18-7-5-6-8-19(18)22-20(23)21-14-13-17-11-9-15(2)10-12-17/h5-14,16H,4H2,1-3H3,(H2,21,22,23)/b14-13+. The summed E-state index contributed by atoms with van der Waals surface area (Å²) in [5, 5.41) is 5.67. The highest BCUT2D eigenvalue weighted by Crippen LogP contribution is 2.26. The maximum Gasteiger partial charge on any atom is 0.323 e. The number of urea groups is 1. The first kappa shape index (κ1) is 16.8. The van der Waals surface area contributed by atoms with Crippen molar-refractivity contribution in [1.82, 2.24) is 5.32 Å². The van der Waals surface area contributed by atoms with E-state index in [9.17, 15) is 4.79 Å². The van der Waals surface area contributed by atoms with Gasteiger partial charge in [-0.15, -0.1) is 0 Å². The molecule has 0 spiro atoms. The molecule has 0 fully saturated rings. The fourth-order valence-electron chi connectivity index (χ4n) is 2.31. The summed E-state index contributed by atoms with van der Waals surface area (Å²) in [7, 11) is 0. The Balaban J connectivity index is 1.96. The number of carbonyl (C=O) groups is 1. The number of carbonyl (C=O) groups excluding carboxylic acids is 1. The molecule has 120 valence electrons. The molecule has 0 bridgehead atoms. The zero-order chi connectivity index (χ0) is 16.7. The van der Waals surface area contributed by atoms with Crippen LogP contribution in [-0.2, 0) is 0 Å². The minimum absolute atomic E-state index is 0.232. The second kappa shape index (κ2) is 8.18. The summed E-state index contributed by atoms with van der Waals surface area (Å²) >= 11 is 0. The molecule has 1 atom stereocenters. The molecule has 3 heteroatoms. The first-order chi connectivity index (χ1) is 11.1. The maximum absolute atomic E-state index is 12.0. The van der Waals surface area contributed by atoms with E-state index in [4.69, 9.17) is 0 Å². The Bertz CT molecular complexity index is 674. The topological polar surface area (TPSA) is 41.1 Å². The molecule has 2 N–H and O–H groups in total. The number of amides is 2. The molecule has 0 aliphatic carbocycles. The van der Waals surface area contributed by atoms with Crippen LogP contribution < -0.4 is 10.6 Å². The summed E-state index contributed by atoms with van der Waals surface area (Å²) in [5.41, 5.74) is 4.29. The maximum atomic E-state index is 12.0. The molecule has 2 rings (SSSR count). The number of hydrogen-bond acceptors (Lipinski definition) is 1. The lowest BCUT2D eigenvalue weighted by molar-refractivity contribution is 0.255. The number of rotatable bonds is 5. The first-order valence-electron chi connectivity index (χ1n) is 7.99. The van der Waals surface area contributed by atoms with Crippen LogP contribution in [0.5, 0.6) is 0 Å². The molecule has 2 aromatic carbocycles. The van der Waals surface area contributed by atoms with Gasteiger partial charge in [-0.1, -0.05) is 61.9 Å². The highest BCUT2D eigenvalue weighted by molar-refractivity contribution is 5.91. The van der Waals surface area contributed by atoms with Crippen LogP contribution in [0.4, 0.5) is 10.5 Å². The quantitative estimate of drug-likeness (QED) is 0.773. The average molecular weight is 308 g/mol. The zero-order valence-electron chi connectivity index (χ0n) is 14.0. The van der Waals surface area contributed by atoms with E-state index in [1.54, 1.807) is 6.20 Å². The Kier molecular flexibility index (Phi) is 5.98. The molecular formula is C20H24N2O. The summed E-state index contributed by atoms with van der Waals surface area (Å²) in [5.74, 6) is 0.412. The van der Waals surface area contributed by atoms with Crippen molar-refractivity contribution in [3.63, 3.8) is 0 Å². The minimum atomic E-state index is -0.232. The second-order valence-electron chi connectivity index (χ2n) is 5.74. The predicted molar refractivity (Wildman–Crippen MR) is 97.5 cm³/mol. The van der Waals surface area contributed by atoms with Gasteiger partial charge in [0.25, 0.3) is 0 Å². The SMILES string of the molecule is CCC(C)c1ccccc1NC(=O)N/C=C/c1ccc(C)cc1. The third kappa shape index (κ3) is 4.99. The van der Waals surface area contributed by atoms with Gasteiger partial charge in [0.05, 0.1) is 0 Å². The number of para-hydroxylation sites is 1. The molecule has 0 heterocycles. The smallest absolute Gasteiger partial charge is 0.314 e. The van der Waals surface area contributed by atoms with E-state index in [1.807, 2.05) is 55.5 Å². The van der Waals surface area contributed by atoms with Crippen LogP contribution in [-0.4, -0.2) is 6.03 Å². The third-order valence-corrected chi connectivity index (χ3v) is 3.92.